The molecule has 3 rings (SSSR count). The molecule has 0 bridgehead atoms. The van der Waals surface area contributed by atoms with Crippen molar-refractivity contribution in [2.24, 2.45) is 0 Å². The number of hydrogen-bond acceptors (Lipinski definition) is 5. The molecule has 7 nitrogen and oxygen atoms in total. The number of para-hydroxylation sites is 1. The molecule has 1 aromatic carbocycles. The summed E-state index contributed by atoms with van der Waals surface area (Å²) in [4.78, 5) is 18.9. The van der Waals surface area contributed by atoms with E-state index in [2.05, 4.69) is 25.4 Å². The van der Waals surface area contributed by atoms with Crippen LogP contribution in [-0.4, -0.2) is 59.3 Å². The largest absolute Gasteiger partial charge is 0.496 e. The van der Waals surface area contributed by atoms with Crippen LogP contribution in [0.15, 0.2) is 24.3 Å². The van der Waals surface area contributed by atoms with Crippen molar-refractivity contribution in [3.05, 3.63) is 41.5 Å². The number of carbonyl (C=O) groups is 1. The highest BCUT2D eigenvalue weighted by atomic mass is 16.5. The molecule has 1 saturated heterocycles. The number of nitrogens with one attached hydrogen (secondary N) is 2. The average Bonchev–Trinajstić information content (AvgIpc) is 3.09. The van der Waals surface area contributed by atoms with Gasteiger partial charge in [-0.15, -0.1) is 0 Å². The third-order valence-electron chi connectivity index (χ3n) is 4.76. The molecule has 1 aliphatic rings. The van der Waals surface area contributed by atoms with Crippen LogP contribution in [0.1, 0.15) is 36.0 Å². The number of benzene rings is 1. The van der Waals surface area contributed by atoms with Gasteiger partial charge in [0.2, 0.25) is 5.91 Å². The highest BCUT2D eigenvalue weighted by Crippen LogP contribution is 2.24. The number of likely N-dealkylation sites (tertiary alicyclic amines) is 1. The van der Waals surface area contributed by atoms with E-state index in [1.54, 1.807) is 7.11 Å². The Morgan fingerprint density at radius 1 is 1.42 bits per heavy atom. The number of hydrogen-bond donors (Lipinski definition) is 2. The number of piperidine rings is 1. The fraction of sp³-hybridized carbons (Fsp3) is 0.526. The Morgan fingerprint density at radius 3 is 3.04 bits per heavy atom. The number of carbonyl (C=O) groups excluding carboxylic acids is 1. The van der Waals surface area contributed by atoms with Crippen LogP contribution in [0.4, 0.5) is 0 Å². The smallest absolute Gasteiger partial charge is 0.234 e. The first kappa shape index (κ1) is 18.4. The highest BCUT2D eigenvalue weighted by molar-refractivity contribution is 5.78. The Labute approximate surface area is 154 Å². The van der Waals surface area contributed by atoms with Gasteiger partial charge in [-0.1, -0.05) is 18.2 Å². The second-order valence-corrected chi connectivity index (χ2v) is 6.77. The zero-order valence-electron chi connectivity index (χ0n) is 15.5. The van der Waals surface area contributed by atoms with Crippen molar-refractivity contribution in [3.63, 3.8) is 0 Å². The van der Waals surface area contributed by atoms with Crippen LogP contribution in [0.2, 0.25) is 0 Å². The Hall–Kier alpha value is -2.41. The Morgan fingerprint density at radius 2 is 2.27 bits per heavy atom. The summed E-state index contributed by atoms with van der Waals surface area (Å²) in [6.45, 7) is 4.71. The van der Waals surface area contributed by atoms with Gasteiger partial charge in [0.1, 0.15) is 11.6 Å². The Kier molecular flexibility index (Phi) is 6.22. The second kappa shape index (κ2) is 8.80. The number of rotatable bonds is 7. The quantitative estimate of drug-likeness (QED) is 0.787. The lowest BCUT2D eigenvalue weighted by Crippen LogP contribution is -2.42. The fourth-order valence-electron chi connectivity index (χ4n) is 3.46. The van der Waals surface area contributed by atoms with Crippen molar-refractivity contribution in [2.45, 2.75) is 32.1 Å². The van der Waals surface area contributed by atoms with E-state index < -0.39 is 0 Å². The van der Waals surface area contributed by atoms with E-state index in [1.807, 2.05) is 31.2 Å². The van der Waals surface area contributed by atoms with Crippen molar-refractivity contribution in [3.8, 4) is 5.75 Å². The SMILES string of the molecule is COc1ccccc1CCNC(=O)CN1CCCC(c2n[nH]c(C)n2)C1. The van der Waals surface area contributed by atoms with Crippen molar-refractivity contribution in [1.82, 2.24) is 25.4 Å². The summed E-state index contributed by atoms with van der Waals surface area (Å²) in [6, 6.07) is 7.90. The van der Waals surface area contributed by atoms with E-state index in [0.717, 1.165) is 55.3 Å². The first-order valence-corrected chi connectivity index (χ1v) is 9.15. The molecule has 0 saturated carbocycles. The van der Waals surface area contributed by atoms with Crippen molar-refractivity contribution in [2.75, 3.05) is 33.3 Å². The van der Waals surface area contributed by atoms with Gasteiger partial charge in [0.25, 0.3) is 0 Å². The summed E-state index contributed by atoms with van der Waals surface area (Å²) in [5.41, 5.74) is 1.10. The number of H-pyrrole nitrogens is 1. The standard InChI is InChI=1S/C19H27N5O2/c1-14-21-19(23-22-14)16-7-5-11-24(12-16)13-18(25)20-10-9-15-6-3-4-8-17(15)26-2/h3-4,6,8,16H,5,7,9-13H2,1-2H3,(H,20,25)(H,21,22,23). The molecule has 0 spiro atoms. The van der Waals surface area contributed by atoms with E-state index in [9.17, 15) is 4.79 Å². The second-order valence-electron chi connectivity index (χ2n) is 6.77. The van der Waals surface area contributed by atoms with Crippen molar-refractivity contribution >= 4 is 5.91 Å². The third-order valence-corrected chi connectivity index (χ3v) is 4.76. The predicted molar refractivity (Wildman–Crippen MR) is 99.2 cm³/mol. The molecule has 1 unspecified atom stereocenters. The molecule has 1 fully saturated rings. The maximum absolute atomic E-state index is 12.3. The van der Waals surface area contributed by atoms with E-state index in [0.29, 0.717) is 19.0 Å². The van der Waals surface area contributed by atoms with E-state index >= 15 is 0 Å². The summed E-state index contributed by atoms with van der Waals surface area (Å²) in [5.74, 6) is 2.93. The van der Waals surface area contributed by atoms with Crippen LogP contribution < -0.4 is 10.1 Å². The molecule has 1 atom stereocenters. The molecule has 1 aromatic heterocycles. The molecule has 2 heterocycles. The van der Waals surface area contributed by atoms with Crippen LogP contribution in [-0.2, 0) is 11.2 Å². The maximum Gasteiger partial charge on any atom is 0.234 e. The molecule has 2 aromatic rings. The normalized spacial score (nSPS) is 17.8. The van der Waals surface area contributed by atoms with Gasteiger partial charge in [0, 0.05) is 19.0 Å². The highest BCUT2D eigenvalue weighted by Gasteiger charge is 2.25. The minimum Gasteiger partial charge on any atom is -0.496 e. The van der Waals surface area contributed by atoms with E-state index in [-0.39, 0.29) is 5.91 Å². The fourth-order valence-corrected chi connectivity index (χ4v) is 3.46. The van der Waals surface area contributed by atoms with Crippen LogP contribution in [0, 0.1) is 6.92 Å². The van der Waals surface area contributed by atoms with E-state index in [4.69, 9.17) is 4.74 Å². The molecule has 2 N–H and O–H groups in total. The molecule has 26 heavy (non-hydrogen) atoms. The molecule has 1 amide bonds. The number of ether oxygens (including phenoxy) is 1. The summed E-state index contributed by atoms with van der Waals surface area (Å²) < 4.78 is 5.34. The van der Waals surface area contributed by atoms with Gasteiger partial charge in [0.15, 0.2) is 5.82 Å². The predicted octanol–water partition coefficient (Wildman–Crippen LogP) is 1.66. The number of aromatic amines is 1. The van der Waals surface area contributed by atoms with Crippen LogP contribution in [0.3, 0.4) is 0 Å². The lowest BCUT2D eigenvalue weighted by molar-refractivity contribution is -0.122. The first-order chi connectivity index (χ1) is 12.7. The van der Waals surface area contributed by atoms with Crippen molar-refractivity contribution in [1.29, 1.82) is 0 Å². The van der Waals surface area contributed by atoms with Crippen LogP contribution >= 0.6 is 0 Å². The number of aryl methyl sites for hydroxylation is 1. The average molecular weight is 357 g/mol. The molecule has 7 heteroatoms. The number of aromatic nitrogens is 3. The van der Waals surface area contributed by atoms with Gasteiger partial charge in [-0.05, 0) is 44.4 Å². The first-order valence-electron chi connectivity index (χ1n) is 9.15. The number of methoxy groups -OCH3 is 1. The van der Waals surface area contributed by atoms with Crippen LogP contribution in [0.25, 0.3) is 0 Å². The molecular weight excluding hydrogens is 330 g/mol. The lowest BCUT2D eigenvalue weighted by atomic mass is 9.97. The summed E-state index contributed by atoms with van der Waals surface area (Å²) >= 11 is 0. The molecule has 0 aliphatic carbocycles. The lowest BCUT2D eigenvalue weighted by Gasteiger charge is -2.30. The van der Waals surface area contributed by atoms with E-state index in [1.165, 1.54) is 0 Å². The van der Waals surface area contributed by atoms with Gasteiger partial charge in [-0.2, -0.15) is 5.10 Å². The third kappa shape index (κ3) is 4.82. The van der Waals surface area contributed by atoms with Gasteiger partial charge >= 0.3 is 0 Å². The molecular formula is C19H27N5O2. The summed E-state index contributed by atoms with van der Waals surface area (Å²) in [6.07, 6.45) is 2.89. The molecule has 1 aliphatic heterocycles. The Balaban J connectivity index is 1.44. The minimum absolute atomic E-state index is 0.0618. The summed E-state index contributed by atoms with van der Waals surface area (Å²) in [7, 11) is 1.67. The van der Waals surface area contributed by atoms with Gasteiger partial charge < -0.3 is 10.1 Å². The van der Waals surface area contributed by atoms with Gasteiger partial charge in [0.05, 0.1) is 13.7 Å². The maximum atomic E-state index is 12.3. The number of amides is 1. The zero-order chi connectivity index (χ0) is 18.4. The zero-order valence-corrected chi connectivity index (χ0v) is 15.5. The topological polar surface area (TPSA) is 83.1 Å². The molecule has 140 valence electrons. The minimum atomic E-state index is 0.0618. The Bertz CT molecular complexity index is 730. The molecule has 0 radical (unpaired) electrons. The monoisotopic (exact) mass is 357 g/mol. The van der Waals surface area contributed by atoms with Crippen LogP contribution in [0.5, 0.6) is 5.75 Å². The van der Waals surface area contributed by atoms with Gasteiger partial charge in [-0.25, -0.2) is 4.98 Å². The summed E-state index contributed by atoms with van der Waals surface area (Å²) in [5, 5.41) is 10.2. The van der Waals surface area contributed by atoms with Gasteiger partial charge in [-0.3, -0.25) is 14.8 Å². The van der Waals surface area contributed by atoms with Crippen molar-refractivity contribution < 1.29 is 9.53 Å². The number of nitrogens with zero attached hydrogens (tertiary/aromatic N) is 3.